The molecule has 0 spiro atoms. The van der Waals surface area contributed by atoms with Gasteiger partial charge in [0.1, 0.15) is 11.4 Å². The molecule has 1 amide bonds. The van der Waals surface area contributed by atoms with Crippen LogP contribution in [0.1, 0.15) is 22.2 Å². The number of likely N-dealkylation sites (tertiary alicyclic amines) is 1. The Morgan fingerprint density at radius 3 is 2.33 bits per heavy atom. The number of amides is 1. The second-order valence-electron chi connectivity index (χ2n) is 4.93. The smallest absolute Gasteiger partial charge is 1.00 e. The fraction of sp³-hybridized carbons (Fsp3) is 0.800. The first kappa shape index (κ1) is 17.5. The average Bonchev–Trinajstić information content (AvgIpc) is 1.94. The van der Waals surface area contributed by atoms with Gasteiger partial charge in [0.25, 0.3) is 0 Å². The van der Waals surface area contributed by atoms with Gasteiger partial charge >= 0.3 is 30.9 Å². The topological polar surface area (TPSA) is 83.9 Å². The van der Waals surface area contributed by atoms with Gasteiger partial charge < -0.3 is 16.2 Å². The van der Waals surface area contributed by atoms with E-state index in [9.17, 15) is 13.8 Å². The van der Waals surface area contributed by atoms with E-state index in [1.54, 1.807) is 20.8 Å². The molecule has 0 aliphatic carbocycles. The molecule has 1 aliphatic heterocycles. The minimum atomic E-state index is -1.42. The second-order valence-corrected chi connectivity index (χ2v) is 6.64. The van der Waals surface area contributed by atoms with Crippen LogP contribution in [-0.4, -0.2) is 56.0 Å². The predicted octanol–water partition coefficient (Wildman–Crippen LogP) is -2.44. The molecule has 1 heterocycles. The molecule has 1 N–H and O–H groups in total. The molecule has 0 aromatic rings. The van der Waals surface area contributed by atoms with Crippen LogP contribution in [0.25, 0.3) is 0 Å². The molecular weight excluding hydrogens is 253 g/mol. The van der Waals surface area contributed by atoms with Gasteiger partial charge in [-0.2, -0.15) is 0 Å². The molecule has 0 saturated carbocycles. The standard InChI is InChI=1S/C10H17NO5S.Li.H/c1-10(2,3)16-9(14)11-4-7(5-11)17(15)6-8(12)13;;/h7H,4-6H2,1-3H3,(H,12,13);;/q;+1;-1. The molecule has 18 heavy (non-hydrogen) atoms. The van der Waals surface area contributed by atoms with Crippen LogP contribution in [0.5, 0.6) is 0 Å². The Kier molecular flexibility index (Phi) is 6.41. The molecule has 0 aromatic heterocycles. The van der Waals surface area contributed by atoms with E-state index < -0.39 is 28.5 Å². The first-order valence-electron chi connectivity index (χ1n) is 5.26. The number of carboxylic acid groups (broad SMARTS) is 1. The number of nitrogens with zero attached hydrogens (tertiary/aromatic N) is 1. The van der Waals surface area contributed by atoms with Crippen LogP contribution in [0.15, 0.2) is 0 Å². The Labute approximate surface area is 122 Å². The van der Waals surface area contributed by atoms with Crippen LogP contribution in [0.3, 0.4) is 0 Å². The van der Waals surface area contributed by atoms with E-state index in [1.807, 2.05) is 0 Å². The van der Waals surface area contributed by atoms with Crippen LogP contribution in [0.4, 0.5) is 4.79 Å². The Morgan fingerprint density at radius 1 is 1.44 bits per heavy atom. The molecule has 100 valence electrons. The Balaban J connectivity index is 0. The predicted molar refractivity (Wildman–Crippen MR) is 63.4 cm³/mol. The van der Waals surface area contributed by atoms with Gasteiger partial charge in [0.2, 0.25) is 0 Å². The first-order chi connectivity index (χ1) is 7.69. The van der Waals surface area contributed by atoms with Crippen LogP contribution in [-0.2, 0) is 20.3 Å². The van der Waals surface area contributed by atoms with Crippen molar-refractivity contribution in [3.8, 4) is 0 Å². The van der Waals surface area contributed by atoms with E-state index in [0.29, 0.717) is 13.1 Å². The maximum absolute atomic E-state index is 11.5. The number of carboxylic acids is 1. The van der Waals surface area contributed by atoms with Crippen molar-refractivity contribution in [3.63, 3.8) is 0 Å². The minimum Gasteiger partial charge on any atom is -1.00 e. The first-order valence-corrected chi connectivity index (χ1v) is 6.64. The molecule has 0 radical (unpaired) electrons. The summed E-state index contributed by atoms with van der Waals surface area (Å²) >= 11 is 0. The van der Waals surface area contributed by atoms with Crippen molar-refractivity contribution in [2.45, 2.75) is 31.6 Å². The molecule has 1 saturated heterocycles. The van der Waals surface area contributed by atoms with Crippen LogP contribution < -0.4 is 18.9 Å². The summed E-state index contributed by atoms with van der Waals surface area (Å²) in [5.74, 6) is -1.45. The van der Waals surface area contributed by atoms with Crippen LogP contribution in [0.2, 0.25) is 0 Å². The summed E-state index contributed by atoms with van der Waals surface area (Å²) in [5, 5.41) is 8.23. The zero-order chi connectivity index (χ0) is 13.2. The number of rotatable bonds is 3. The Hall–Kier alpha value is -0.513. The second kappa shape index (κ2) is 6.60. The van der Waals surface area contributed by atoms with E-state index >= 15 is 0 Å². The van der Waals surface area contributed by atoms with Gasteiger partial charge in [-0.25, -0.2) is 4.79 Å². The van der Waals surface area contributed by atoms with Gasteiger partial charge in [0.15, 0.2) is 0 Å². The van der Waals surface area contributed by atoms with Crippen LogP contribution in [0, 0.1) is 0 Å². The maximum Gasteiger partial charge on any atom is 1.00 e. The summed E-state index contributed by atoms with van der Waals surface area (Å²) in [6.07, 6.45) is -0.443. The summed E-state index contributed by atoms with van der Waals surface area (Å²) in [5.41, 5.74) is -0.553. The third-order valence-electron chi connectivity index (χ3n) is 2.14. The zero-order valence-electron chi connectivity index (χ0n) is 12.1. The molecule has 1 unspecified atom stereocenters. The number of carbonyl (C=O) groups excluding carboxylic acids is 1. The normalized spacial score (nSPS) is 17.4. The monoisotopic (exact) mass is 271 g/mol. The fourth-order valence-electron chi connectivity index (χ4n) is 1.32. The molecular formula is C10H18LiNO5S. The summed E-state index contributed by atoms with van der Waals surface area (Å²) in [6, 6.07) is 0. The van der Waals surface area contributed by atoms with Gasteiger partial charge in [-0.1, -0.05) is 0 Å². The fourth-order valence-corrected chi connectivity index (χ4v) is 2.49. The van der Waals surface area contributed by atoms with Crippen molar-refractivity contribution < 1.29 is 43.9 Å². The minimum absolute atomic E-state index is 0. The van der Waals surface area contributed by atoms with Gasteiger partial charge in [-0.05, 0) is 20.8 Å². The quantitative estimate of drug-likeness (QED) is 0.576. The number of ether oxygens (including phenoxy) is 1. The van der Waals surface area contributed by atoms with Crippen molar-refractivity contribution in [2.75, 3.05) is 18.8 Å². The molecule has 6 nitrogen and oxygen atoms in total. The third kappa shape index (κ3) is 5.42. The number of hydrogen-bond donors (Lipinski definition) is 1. The van der Waals surface area contributed by atoms with Crippen molar-refractivity contribution >= 4 is 22.9 Å². The van der Waals surface area contributed by atoms with E-state index in [1.165, 1.54) is 4.90 Å². The van der Waals surface area contributed by atoms with Gasteiger partial charge in [-0.3, -0.25) is 9.00 Å². The molecule has 1 atom stereocenters. The molecule has 1 aliphatic rings. The van der Waals surface area contributed by atoms with Crippen molar-refractivity contribution in [3.05, 3.63) is 0 Å². The zero-order valence-corrected chi connectivity index (χ0v) is 12.0. The van der Waals surface area contributed by atoms with Gasteiger partial charge in [0, 0.05) is 23.9 Å². The number of carbonyl (C=O) groups is 2. The van der Waals surface area contributed by atoms with E-state index in [-0.39, 0.29) is 31.3 Å². The van der Waals surface area contributed by atoms with Gasteiger partial charge in [-0.15, -0.1) is 0 Å². The third-order valence-corrected chi connectivity index (χ3v) is 3.71. The molecule has 8 heteroatoms. The molecule has 1 rings (SSSR count). The summed E-state index contributed by atoms with van der Waals surface area (Å²) in [6.45, 7) is 5.91. The van der Waals surface area contributed by atoms with E-state index in [2.05, 4.69) is 0 Å². The average molecular weight is 271 g/mol. The van der Waals surface area contributed by atoms with Crippen LogP contribution >= 0.6 is 0 Å². The largest absolute Gasteiger partial charge is 1.00 e. The summed E-state index contributed by atoms with van der Waals surface area (Å²) in [7, 11) is -1.42. The molecule has 1 fully saturated rings. The summed E-state index contributed by atoms with van der Waals surface area (Å²) < 4.78 is 16.6. The maximum atomic E-state index is 11.5. The SMILES string of the molecule is CC(C)(C)OC(=O)N1CC(S(=O)CC(=O)O)C1.[H-].[Li+]. The Morgan fingerprint density at radius 2 is 1.94 bits per heavy atom. The number of hydrogen-bond acceptors (Lipinski definition) is 4. The molecule has 0 bridgehead atoms. The van der Waals surface area contributed by atoms with Crippen molar-refractivity contribution in [1.82, 2.24) is 4.90 Å². The van der Waals surface area contributed by atoms with E-state index in [4.69, 9.17) is 9.84 Å². The van der Waals surface area contributed by atoms with Crippen molar-refractivity contribution in [2.24, 2.45) is 0 Å². The van der Waals surface area contributed by atoms with E-state index in [0.717, 1.165) is 0 Å². The summed E-state index contributed by atoms with van der Waals surface area (Å²) in [4.78, 5) is 23.3. The van der Waals surface area contributed by atoms with Crippen molar-refractivity contribution in [1.29, 1.82) is 0 Å². The number of aliphatic carboxylic acids is 1. The Bertz CT molecular complexity index is 354. The van der Waals surface area contributed by atoms with Gasteiger partial charge in [0.05, 0.1) is 5.25 Å². The molecule has 0 aromatic carbocycles.